The molecule has 3 aromatic rings. The van der Waals surface area contributed by atoms with Gasteiger partial charge in [0, 0.05) is 11.8 Å². The van der Waals surface area contributed by atoms with E-state index in [1.54, 1.807) is 20.3 Å². The lowest BCUT2D eigenvalue weighted by molar-refractivity contribution is -0.115. The topological polar surface area (TPSA) is 95.2 Å². The molecule has 0 bridgehead atoms. The fourth-order valence-corrected chi connectivity index (χ4v) is 4.48. The number of nitrogens with zero attached hydrogens (tertiary/aromatic N) is 2. The van der Waals surface area contributed by atoms with Crippen LogP contribution >= 0.6 is 11.8 Å². The fourth-order valence-electron chi connectivity index (χ4n) is 3.52. The van der Waals surface area contributed by atoms with Gasteiger partial charge in [-0.3, -0.25) is 9.79 Å². The highest BCUT2D eigenvalue weighted by Gasteiger charge is 2.21. The molecule has 1 amide bonds. The second-order valence-electron chi connectivity index (χ2n) is 7.86. The Balaban J connectivity index is 1.35. The Kier molecular flexibility index (Phi) is 7.77. The summed E-state index contributed by atoms with van der Waals surface area (Å²) in [5, 5.41) is 7.40. The summed E-state index contributed by atoms with van der Waals surface area (Å²) in [6.07, 6.45) is 3.19. The molecule has 1 N–H and O–H groups in total. The summed E-state index contributed by atoms with van der Waals surface area (Å²) in [5.41, 5.74) is 3.60. The van der Waals surface area contributed by atoms with Gasteiger partial charge < -0.3 is 24.1 Å². The molecule has 8 nitrogen and oxygen atoms in total. The predicted octanol–water partition coefficient (Wildman–Crippen LogP) is 4.86. The zero-order valence-electron chi connectivity index (χ0n) is 20.0. The molecule has 1 unspecified atom stereocenters. The lowest BCUT2D eigenvalue weighted by Crippen LogP contribution is -2.25. The van der Waals surface area contributed by atoms with Crippen molar-refractivity contribution >= 4 is 28.9 Å². The summed E-state index contributed by atoms with van der Waals surface area (Å²) in [5.74, 6) is 3.22. The Hall–Kier alpha value is -3.72. The molecular formula is C26H27N3O5S. The Morgan fingerprint density at radius 1 is 1.14 bits per heavy atom. The third-order valence-corrected chi connectivity index (χ3v) is 6.51. The number of hydrogen-bond acceptors (Lipinski definition) is 8. The molecule has 1 aliphatic heterocycles. The third-order valence-electron chi connectivity index (χ3n) is 5.55. The number of aryl methyl sites for hydroxylation is 2. The number of methoxy groups -OCH3 is 2. The first-order chi connectivity index (χ1) is 17.0. The Labute approximate surface area is 208 Å². The molecule has 0 fully saturated rings. The van der Waals surface area contributed by atoms with Crippen molar-refractivity contribution in [2.45, 2.75) is 26.5 Å². The van der Waals surface area contributed by atoms with Gasteiger partial charge in [0.15, 0.2) is 16.7 Å². The molecule has 9 heteroatoms. The van der Waals surface area contributed by atoms with E-state index in [1.807, 2.05) is 56.3 Å². The van der Waals surface area contributed by atoms with Gasteiger partial charge in [0.05, 0.1) is 31.5 Å². The molecule has 1 atom stereocenters. The summed E-state index contributed by atoms with van der Waals surface area (Å²) in [4.78, 5) is 17.1. The molecule has 0 saturated heterocycles. The Bertz CT molecular complexity index is 1230. The van der Waals surface area contributed by atoms with Crippen molar-refractivity contribution in [3.8, 4) is 17.2 Å². The van der Waals surface area contributed by atoms with Crippen LogP contribution in [-0.2, 0) is 11.4 Å². The summed E-state index contributed by atoms with van der Waals surface area (Å²) in [7, 11) is 3.22. The SMILES string of the molecule is COc1ccc(C2CSC(NC(=O)/C=C/c3ccc(OCc4c(C)noc4C)c(OC)c3)=N2)cc1. The maximum absolute atomic E-state index is 12.4. The summed E-state index contributed by atoms with van der Waals surface area (Å²) >= 11 is 1.52. The number of ether oxygens (including phenoxy) is 3. The van der Waals surface area contributed by atoms with Gasteiger partial charge in [-0.1, -0.05) is 35.1 Å². The van der Waals surface area contributed by atoms with Crippen molar-refractivity contribution in [1.82, 2.24) is 10.5 Å². The number of thioether (sulfide) groups is 1. The summed E-state index contributed by atoms with van der Waals surface area (Å²) in [6.45, 7) is 4.05. The molecule has 0 radical (unpaired) electrons. The largest absolute Gasteiger partial charge is 0.497 e. The molecular weight excluding hydrogens is 466 g/mol. The smallest absolute Gasteiger partial charge is 0.249 e. The molecule has 1 aliphatic rings. The van der Waals surface area contributed by atoms with E-state index in [-0.39, 0.29) is 11.9 Å². The average molecular weight is 494 g/mol. The van der Waals surface area contributed by atoms with Gasteiger partial charge in [-0.25, -0.2) is 0 Å². The van der Waals surface area contributed by atoms with Gasteiger partial charge >= 0.3 is 0 Å². The molecule has 4 rings (SSSR count). The van der Waals surface area contributed by atoms with E-state index in [0.717, 1.165) is 39.6 Å². The Morgan fingerprint density at radius 2 is 1.94 bits per heavy atom. The Morgan fingerprint density at radius 3 is 2.63 bits per heavy atom. The molecule has 1 aromatic heterocycles. The minimum absolute atomic E-state index is 0.00685. The number of carbonyl (C=O) groups excluding carboxylic acids is 1. The van der Waals surface area contributed by atoms with Gasteiger partial charge in [0.2, 0.25) is 5.91 Å². The first kappa shape index (κ1) is 24.4. The van der Waals surface area contributed by atoms with Gasteiger partial charge in [-0.05, 0) is 55.3 Å². The molecule has 182 valence electrons. The summed E-state index contributed by atoms with van der Waals surface area (Å²) < 4.78 is 21.8. The number of amidine groups is 1. The van der Waals surface area contributed by atoms with Crippen LogP contribution < -0.4 is 19.5 Å². The molecule has 2 aromatic carbocycles. The average Bonchev–Trinajstić information content (AvgIpc) is 3.47. The van der Waals surface area contributed by atoms with Crippen molar-refractivity contribution < 1.29 is 23.5 Å². The van der Waals surface area contributed by atoms with E-state index < -0.39 is 0 Å². The number of aromatic nitrogens is 1. The summed E-state index contributed by atoms with van der Waals surface area (Å²) in [6, 6.07) is 13.3. The van der Waals surface area contributed by atoms with E-state index in [4.69, 9.17) is 18.7 Å². The van der Waals surface area contributed by atoms with Crippen molar-refractivity contribution in [1.29, 1.82) is 0 Å². The van der Waals surface area contributed by atoms with Crippen LogP contribution in [0.1, 0.15) is 34.2 Å². The van der Waals surface area contributed by atoms with Crippen molar-refractivity contribution in [2.24, 2.45) is 4.99 Å². The number of rotatable bonds is 8. The first-order valence-electron chi connectivity index (χ1n) is 11.0. The third kappa shape index (κ3) is 6.05. The number of aliphatic imine (C=N–C) groups is 1. The van der Waals surface area contributed by atoms with Gasteiger partial charge in [-0.15, -0.1) is 0 Å². The lowest BCUT2D eigenvalue weighted by atomic mass is 10.1. The first-order valence-corrected chi connectivity index (χ1v) is 12.0. The maximum atomic E-state index is 12.4. The monoisotopic (exact) mass is 493 g/mol. The number of nitrogens with one attached hydrogen (secondary N) is 1. The van der Waals surface area contributed by atoms with E-state index >= 15 is 0 Å². The van der Waals surface area contributed by atoms with Crippen LogP contribution in [-0.4, -0.2) is 36.2 Å². The van der Waals surface area contributed by atoms with Crippen LogP contribution in [0.4, 0.5) is 0 Å². The minimum Gasteiger partial charge on any atom is -0.497 e. The predicted molar refractivity (Wildman–Crippen MR) is 136 cm³/mol. The van der Waals surface area contributed by atoms with Crippen LogP contribution in [0, 0.1) is 13.8 Å². The highest BCUT2D eigenvalue weighted by atomic mass is 32.2. The second-order valence-corrected chi connectivity index (χ2v) is 8.87. The van der Waals surface area contributed by atoms with Crippen LogP contribution in [0.5, 0.6) is 17.2 Å². The normalized spacial score (nSPS) is 15.2. The van der Waals surface area contributed by atoms with Gasteiger partial charge in [0.1, 0.15) is 18.1 Å². The highest BCUT2D eigenvalue weighted by Crippen LogP contribution is 2.31. The van der Waals surface area contributed by atoms with Crippen LogP contribution in [0.3, 0.4) is 0 Å². The highest BCUT2D eigenvalue weighted by molar-refractivity contribution is 8.14. The molecule has 2 heterocycles. The lowest BCUT2D eigenvalue weighted by Gasteiger charge is -2.11. The second kappa shape index (κ2) is 11.1. The van der Waals surface area contributed by atoms with Crippen LogP contribution in [0.15, 0.2) is 58.1 Å². The van der Waals surface area contributed by atoms with Crippen molar-refractivity contribution in [3.05, 3.63) is 76.7 Å². The van der Waals surface area contributed by atoms with E-state index in [0.29, 0.717) is 23.3 Å². The minimum atomic E-state index is -0.246. The van der Waals surface area contributed by atoms with Gasteiger partial charge in [-0.2, -0.15) is 0 Å². The standard InChI is InChI=1S/C26H27N3O5S/c1-16-21(17(2)34-29-16)14-33-23-11-5-18(13-24(23)32-4)6-12-25(30)28-26-27-22(15-35-26)19-7-9-20(31-3)10-8-19/h5-13,22H,14-15H2,1-4H3,(H,27,28,30)/b12-6+. The number of hydrogen-bond donors (Lipinski definition) is 1. The quantitative estimate of drug-likeness (QED) is 0.448. The zero-order chi connectivity index (χ0) is 24.8. The van der Waals surface area contributed by atoms with Gasteiger partial charge in [0.25, 0.3) is 0 Å². The van der Waals surface area contributed by atoms with E-state index in [2.05, 4.69) is 15.5 Å². The van der Waals surface area contributed by atoms with Crippen LogP contribution in [0.2, 0.25) is 0 Å². The van der Waals surface area contributed by atoms with E-state index in [9.17, 15) is 4.79 Å². The maximum Gasteiger partial charge on any atom is 0.249 e. The molecule has 0 saturated carbocycles. The molecule has 0 spiro atoms. The number of benzene rings is 2. The fraction of sp³-hybridized carbons (Fsp3) is 0.269. The van der Waals surface area contributed by atoms with Crippen molar-refractivity contribution in [3.63, 3.8) is 0 Å². The molecule has 0 aliphatic carbocycles. The van der Waals surface area contributed by atoms with Crippen LogP contribution in [0.25, 0.3) is 6.08 Å². The number of amides is 1. The zero-order valence-corrected chi connectivity index (χ0v) is 20.8. The number of carbonyl (C=O) groups is 1. The van der Waals surface area contributed by atoms with E-state index in [1.165, 1.54) is 17.8 Å². The van der Waals surface area contributed by atoms with Crippen molar-refractivity contribution in [2.75, 3.05) is 20.0 Å². The molecule has 35 heavy (non-hydrogen) atoms.